The molecule has 4 heteroatoms. The second kappa shape index (κ2) is 5.78. The highest BCUT2D eigenvalue weighted by Gasteiger charge is 2.17. The van der Waals surface area contributed by atoms with Gasteiger partial charge < -0.3 is 10.1 Å². The monoisotopic (exact) mass is 395 g/mol. The van der Waals surface area contributed by atoms with Crippen LogP contribution in [0.15, 0.2) is 39.3 Å². The van der Waals surface area contributed by atoms with Gasteiger partial charge in [0.2, 0.25) is 0 Å². The molecule has 104 valence electrons. The average molecular weight is 397 g/mol. The lowest BCUT2D eigenvalue weighted by Crippen LogP contribution is -2.02. The van der Waals surface area contributed by atoms with E-state index >= 15 is 0 Å². The molecule has 0 aliphatic carbocycles. The normalized spacial score (nSPS) is 12.9. The van der Waals surface area contributed by atoms with E-state index in [4.69, 9.17) is 4.74 Å². The number of aryl methyl sites for hydroxylation is 1. The number of halogens is 2. The molecule has 0 bridgehead atoms. The molecule has 0 atom stereocenters. The van der Waals surface area contributed by atoms with Crippen molar-refractivity contribution in [1.82, 2.24) is 0 Å². The van der Waals surface area contributed by atoms with Crippen LogP contribution in [0.4, 0.5) is 5.69 Å². The Morgan fingerprint density at radius 2 is 2.05 bits per heavy atom. The molecule has 20 heavy (non-hydrogen) atoms. The Bertz CT molecular complexity index is 655. The van der Waals surface area contributed by atoms with Crippen LogP contribution in [0.1, 0.15) is 16.7 Å². The molecule has 2 nitrogen and oxygen atoms in total. The van der Waals surface area contributed by atoms with Gasteiger partial charge in [-0.3, -0.25) is 0 Å². The first-order valence-corrected chi connectivity index (χ1v) is 8.16. The van der Waals surface area contributed by atoms with Crippen LogP contribution in [0.3, 0.4) is 0 Å². The summed E-state index contributed by atoms with van der Waals surface area (Å²) in [5.41, 5.74) is 4.83. The third-order valence-corrected chi connectivity index (χ3v) is 4.79. The van der Waals surface area contributed by atoms with E-state index in [2.05, 4.69) is 74.4 Å². The molecule has 0 aromatic heterocycles. The Kier molecular flexibility index (Phi) is 4.03. The zero-order valence-corrected chi connectivity index (χ0v) is 14.3. The molecule has 1 aliphatic heterocycles. The fourth-order valence-corrected chi connectivity index (χ4v) is 3.31. The Hall–Kier alpha value is -1.00. The van der Waals surface area contributed by atoms with E-state index in [0.29, 0.717) is 0 Å². The van der Waals surface area contributed by atoms with E-state index in [9.17, 15) is 0 Å². The van der Waals surface area contributed by atoms with Crippen molar-refractivity contribution >= 4 is 37.5 Å². The average Bonchev–Trinajstić information content (AvgIpc) is 2.88. The van der Waals surface area contributed by atoms with Crippen LogP contribution in [0.25, 0.3) is 0 Å². The fraction of sp³-hybridized carbons (Fsp3) is 0.250. The Morgan fingerprint density at radius 3 is 2.85 bits per heavy atom. The third kappa shape index (κ3) is 2.86. The van der Waals surface area contributed by atoms with Gasteiger partial charge in [-0.1, -0.05) is 37.9 Å². The SMILES string of the molecule is Cc1ccc(NCc2cc(Br)cc3c2OCC3)cc1Br. The number of hydrogen-bond donors (Lipinski definition) is 1. The summed E-state index contributed by atoms with van der Waals surface area (Å²) in [6.07, 6.45) is 0.998. The largest absolute Gasteiger partial charge is 0.493 e. The molecule has 0 radical (unpaired) electrons. The van der Waals surface area contributed by atoms with Gasteiger partial charge in [-0.05, 0) is 42.3 Å². The number of benzene rings is 2. The van der Waals surface area contributed by atoms with E-state index < -0.39 is 0 Å². The van der Waals surface area contributed by atoms with Gasteiger partial charge in [-0.25, -0.2) is 0 Å². The molecule has 1 N–H and O–H groups in total. The van der Waals surface area contributed by atoms with Crippen molar-refractivity contribution in [1.29, 1.82) is 0 Å². The predicted molar refractivity (Wildman–Crippen MR) is 89.5 cm³/mol. The number of hydrogen-bond acceptors (Lipinski definition) is 2. The first kappa shape index (κ1) is 14.0. The van der Waals surface area contributed by atoms with Gasteiger partial charge in [0.25, 0.3) is 0 Å². The molecule has 0 saturated heterocycles. The van der Waals surface area contributed by atoms with Crippen molar-refractivity contribution < 1.29 is 4.74 Å². The van der Waals surface area contributed by atoms with Gasteiger partial charge >= 0.3 is 0 Å². The number of fused-ring (bicyclic) bond motifs is 1. The second-order valence-corrected chi connectivity index (χ2v) is 6.74. The molecule has 0 unspecified atom stereocenters. The highest BCUT2D eigenvalue weighted by molar-refractivity contribution is 9.10. The fourth-order valence-electron chi connectivity index (χ4n) is 2.38. The lowest BCUT2D eigenvalue weighted by molar-refractivity contribution is 0.354. The van der Waals surface area contributed by atoms with E-state index in [1.165, 1.54) is 16.7 Å². The predicted octanol–water partition coefficient (Wildman–Crippen LogP) is 5.07. The van der Waals surface area contributed by atoms with E-state index in [1.54, 1.807) is 0 Å². The maximum absolute atomic E-state index is 5.75. The summed E-state index contributed by atoms with van der Waals surface area (Å²) in [5.74, 6) is 1.05. The van der Waals surface area contributed by atoms with Crippen molar-refractivity contribution in [2.75, 3.05) is 11.9 Å². The molecular formula is C16H15Br2NO. The zero-order valence-electron chi connectivity index (χ0n) is 11.2. The van der Waals surface area contributed by atoms with Crippen LogP contribution in [-0.4, -0.2) is 6.61 Å². The van der Waals surface area contributed by atoms with Gasteiger partial charge in [-0.15, -0.1) is 0 Å². The van der Waals surface area contributed by atoms with Gasteiger partial charge in [0.1, 0.15) is 5.75 Å². The van der Waals surface area contributed by atoms with Crippen LogP contribution in [0.2, 0.25) is 0 Å². The van der Waals surface area contributed by atoms with Gasteiger partial charge in [-0.2, -0.15) is 0 Å². The van der Waals surface area contributed by atoms with Crippen LogP contribution >= 0.6 is 31.9 Å². The quantitative estimate of drug-likeness (QED) is 0.782. The molecule has 2 aromatic carbocycles. The number of rotatable bonds is 3. The maximum Gasteiger partial charge on any atom is 0.127 e. The van der Waals surface area contributed by atoms with Gasteiger partial charge in [0.05, 0.1) is 6.61 Å². The summed E-state index contributed by atoms with van der Waals surface area (Å²) < 4.78 is 7.98. The van der Waals surface area contributed by atoms with E-state index in [0.717, 1.165) is 40.0 Å². The highest BCUT2D eigenvalue weighted by Crippen LogP contribution is 2.33. The summed E-state index contributed by atoms with van der Waals surface area (Å²) in [5, 5.41) is 3.46. The maximum atomic E-state index is 5.75. The summed E-state index contributed by atoms with van der Waals surface area (Å²) >= 11 is 7.13. The van der Waals surface area contributed by atoms with E-state index in [1.807, 2.05) is 0 Å². The van der Waals surface area contributed by atoms with Gasteiger partial charge in [0.15, 0.2) is 0 Å². The van der Waals surface area contributed by atoms with Crippen molar-refractivity contribution in [3.63, 3.8) is 0 Å². The second-order valence-electron chi connectivity index (χ2n) is 4.97. The molecule has 0 amide bonds. The van der Waals surface area contributed by atoms with E-state index in [-0.39, 0.29) is 0 Å². The third-order valence-electron chi connectivity index (χ3n) is 3.48. The standard InChI is InChI=1S/C16H15Br2NO/c1-10-2-3-14(8-15(10)18)19-9-12-7-13(17)6-11-4-5-20-16(11)12/h2-3,6-8,19H,4-5,9H2,1H3. The first-order valence-electron chi connectivity index (χ1n) is 6.57. The number of anilines is 1. The van der Waals surface area contributed by atoms with Crippen LogP contribution in [0, 0.1) is 6.92 Å². The minimum atomic E-state index is 0.761. The molecule has 3 rings (SSSR count). The lowest BCUT2D eigenvalue weighted by atomic mass is 10.1. The topological polar surface area (TPSA) is 21.3 Å². The molecule has 1 aliphatic rings. The van der Waals surface area contributed by atoms with Crippen molar-refractivity contribution in [3.8, 4) is 5.75 Å². The van der Waals surface area contributed by atoms with Crippen LogP contribution < -0.4 is 10.1 Å². The van der Waals surface area contributed by atoms with Crippen molar-refractivity contribution in [2.45, 2.75) is 19.9 Å². The summed E-state index contributed by atoms with van der Waals surface area (Å²) in [4.78, 5) is 0. The molecule has 1 heterocycles. The van der Waals surface area contributed by atoms with Crippen LogP contribution in [-0.2, 0) is 13.0 Å². The summed E-state index contributed by atoms with van der Waals surface area (Å²) in [6, 6.07) is 10.6. The van der Waals surface area contributed by atoms with Gasteiger partial charge in [0, 0.05) is 33.2 Å². The van der Waals surface area contributed by atoms with Crippen LogP contribution in [0.5, 0.6) is 5.75 Å². The minimum absolute atomic E-state index is 0.761. The molecule has 0 spiro atoms. The Morgan fingerprint density at radius 1 is 1.20 bits per heavy atom. The zero-order chi connectivity index (χ0) is 14.1. The van der Waals surface area contributed by atoms with Crippen molar-refractivity contribution in [3.05, 3.63) is 56.0 Å². The number of nitrogens with one attached hydrogen (secondary N) is 1. The molecular weight excluding hydrogens is 382 g/mol. The van der Waals surface area contributed by atoms with Crippen molar-refractivity contribution in [2.24, 2.45) is 0 Å². The smallest absolute Gasteiger partial charge is 0.127 e. The summed E-state index contributed by atoms with van der Waals surface area (Å²) in [7, 11) is 0. The Labute approximate surface area is 135 Å². The summed E-state index contributed by atoms with van der Waals surface area (Å²) in [6.45, 7) is 3.63. The highest BCUT2D eigenvalue weighted by atomic mass is 79.9. The number of ether oxygens (including phenoxy) is 1. The first-order chi connectivity index (χ1) is 9.63. The molecule has 0 fully saturated rings. The molecule has 0 saturated carbocycles. The lowest BCUT2D eigenvalue weighted by Gasteiger charge is -2.12. The molecule has 2 aromatic rings. The minimum Gasteiger partial charge on any atom is -0.493 e. The Balaban J connectivity index is 1.80.